The summed E-state index contributed by atoms with van der Waals surface area (Å²) in [5.41, 5.74) is -2.55. The number of aromatic hydroxyl groups is 1. The van der Waals surface area contributed by atoms with Gasteiger partial charge < -0.3 is 45.6 Å². The van der Waals surface area contributed by atoms with Crippen LogP contribution in [0.2, 0.25) is 0 Å². The Hall–Kier alpha value is -3.26. The van der Waals surface area contributed by atoms with Crippen LogP contribution in [0.25, 0.3) is 0 Å². The first-order chi connectivity index (χ1) is 13.8. The number of carbonyl (C=O) groups excluding carboxylic acids is 1. The molecule has 1 rings (SSSR count). The van der Waals surface area contributed by atoms with Gasteiger partial charge in [-0.25, -0.2) is 9.59 Å². The number of methoxy groups -OCH3 is 1. The molecule has 0 amide bonds. The lowest BCUT2D eigenvalue weighted by Gasteiger charge is -2.18. The largest absolute Gasteiger partial charge is 0.507 e. The maximum Gasteiger partial charge on any atom is 0.341 e. The number of aliphatic hydroxyl groups is 4. The molecule has 0 aliphatic heterocycles. The molecule has 0 fully saturated rings. The van der Waals surface area contributed by atoms with Gasteiger partial charge in [0.15, 0.2) is 5.60 Å². The fourth-order valence-corrected chi connectivity index (χ4v) is 1.53. The standard InChI is InChI=1S/C8H8O3.C6H8O7.C3H8O3/c1-11-8(10)6-4-2-3-5-7(6)9;7-3(8)1-6(13,5(11)12)2-4(9)10;4-1-3(6)2-5/h2-5,9H,1H3;13H,1-2H2,(H,7,8)(H,9,10)(H,11,12);3-6H,1-2H2. The number of carbonyl (C=O) groups is 4. The number of hydrogen-bond donors (Lipinski definition) is 8. The average Bonchev–Trinajstić information content (AvgIpc) is 2.66. The van der Waals surface area contributed by atoms with Crippen LogP contribution in [0.3, 0.4) is 0 Å². The fourth-order valence-electron chi connectivity index (χ4n) is 1.53. The molecule has 1 aromatic carbocycles. The Kier molecular flexibility index (Phi) is 14.2. The van der Waals surface area contributed by atoms with E-state index in [9.17, 15) is 19.2 Å². The second kappa shape index (κ2) is 14.7. The normalized spacial score (nSPS) is 10.1. The summed E-state index contributed by atoms with van der Waals surface area (Å²) < 4.78 is 4.42. The molecule has 0 bridgehead atoms. The summed E-state index contributed by atoms with van der Waals surface area (Å²) in [7, 11) is 1.27. The predicted molar refractivity (Wildman–Crippen MR) is 96.7 cm³/mol. The van der Waals surface area contributed by atoms with Crippen LogP contribution in [0.4, 0.5) is 0 Å². The highest BCUT2D eigenvalue weighted by Gasteiger charge is 2.40. The summed E-state index contributed by atoms with van der Waals surface area (Å²) in [6.45, 7) is -0.729. The molecule has 0 heterocycles. The summed E-state index contributed by atoms with van der Waals surface area (Å²) in [6.07, 6.45) is -3.24. The highest BCUT2D eigenvalue weighted by Crippen LogP contribution is 2.16. The van der Waals surface area contributed by atoms with Crippen molar-refractivity contribution in [3.8, 4) is 5.75 Å². The third-order valence-electron chi connectivity index (χ3n) is 3.02. The number of carboxylic acids is 3. The Bertz CT molecular complexity index is 681. The van der Waals surface area contributed by atoms with E-state index in [-0.39, 0.29) is 24.5 Å². The van der Waals surface area contributed by atoms with Gasteiger partial charge in [0, 0.05) is 0 Å². The first kappa shape index (κ1) is 28.9. The molecule has 0 unspecified atom stereocenters. The number of ether oxygens (including phenoxy) is 1. The van der Waals surface area contributed by atoms with Gasteiger partial charge in [-0.2, -0.15) is 0 Å². The van der Waals surface area contributed by atoms with Crippen molar-refractivity contribution in [3.63, 3.8) is 0 Å². The van der Waals surface area contributed by atoms with Crippen LogP contribution in [0.5, 0.6) is 5.75 Å². The minimum atomic E-state index is -2.74. The second-order valence-electron chi connectivity index (χ2n) is 5.51. The highest BCUT2D eigenvalue weighted by atomic mass is 16.5. The zero-order valence-electron chi connectivity index (χ0n) is 15.8. The van der Waals surface area contributed by atoms with Gasteiger partial charge in [-0.1, -0.05) is 12.1 Å². The zero-order chi connectivity index (χ0) is 23.9. The van der Waals surface area contributed by atoms with Crippen molar-refractivity contribution in [2.45, 2.75) is 24.5 Å². The SMILES string of the molecule is COC(=O)c1ccccc1O.O=C(O)CC(O)(CC(=O)O)C(=O)O.OCC(O)CO. The summed E-state index contributed by atoms with van der Waals surface area (Å²) in [6, 6.07) is 6.24. The number of rotatable bonds is 8. The molecule has 13 nitrogen and oxygen atoms in total. The Labute approximate surface area is 170 Å². The van der Waals surface area contributed by atoms with Crippen molar-refractivity contribution in [3.05, 3.63) is 29.8 Å². The fraction of sp³-hybridized carbons (Fsp3) is 0.412. The van der Waals surface area contributed by atoms with Crippen LogP contribution >= 0.6 is 0 Å². The van der Waals surface area contributed by atoms with Crippen molar-refractivity contribution >= 4 is 23.9 Å². The van der Waals surface area contributed by atoms with E-state index < -0.39 is 48.4 Å². The molecule has 0 saturated carbocycles. The Morgan fingerprint density at radius 3 is 1.67 bits per heavy atom. The van der Waals surface area contributed by atoms with Crippen molar-refractivity contribution in [1.82, 2.24) is 0 Å². The number of para-hydroxylation sites is 1. The van der Waals surface area contributed by atoms with Crippen LogP contribution < -0.4 is 0 Å². The molecule has 30 heavy (non-hydrogen) atoms. The van der Waals surface area contributed by atoms with Crippen LogP contribution in [-0.2, 0) is 19.1 Å². The van der Waals surface area contributed by atoms with E-state index in [2.05, 4.69) is 4.74 Å². The van der Waals surface area contributed by atoms with Crippen molar-refractivity contribution in [1.29, 1.82) is 0 Å². The van der Waals surface area contributed by atoms with E-state index >= 15 is 0 Å². The van der Waals surface area contributed by atoms with E-state index in [1.807, 2.05) is 0 Å². The monoisotopic (exact) mass is 436 g/mol. The maximum atomic E-state index is 10.9. The Morgan fingerprint density at radius 1 is 0.967 bits per heavy atom. The number of carboxylic acid groups (broad SMARTS) is 3. The lowest BCUT2D eigenvalue weighted by molar-refractivity contribution is -0.170. The number of phenols is 1. The number of aliphatic hydroxyl groups excluding tert-OH is 3. The first-order valence-electron chi connectivity index (χ1n) is 8.00. The average molecular weight is 436 g/mol. The summed E-state index contributed by atoms with van der Waals surface area (Å²) in [5, 5.41) is 66.9. The number of phenolic OH excluding ortho intramolecular Hbond substituents is 1. The third-order valence-corrected chi connectivity index (χ3v) is 3.02. The van der Waals surface area contributed by atoms with Crippen molar-refractivity contribution in [2.24, 2.45) is 0 Å². The van der Waals surface area contributed by atoms with Crippen LogP contribution in [0.1, 0.15) is 23.2 Å². The summed E-state index contributed by atoms with van der Waals surface area (Å²) in [4.78, 5) is 41.3. The van der Waals surface area contributed by atoms with Crippen LogP contribution in [0, 0.1) is 0 Å². The second-order valence-corrected chi connectivity index (χ2v) is 5.51. The molecule has 1 aromatic rings. The van der Waals surface area contributed by atoms with Gasteiger partial charge in [0.2, 0.25) is 0 Å². The Balaban J connectivity index is 0. The lowest BCUT2D eigenvalue weighted by Crippen LogP contribution is -2.42. The van der Waals surface area contributed by atoms with E-state index in [1.54, 1.807) is 12.1 Å². The molecule has 0 aromatic heterocycles. The number of hydrogen-bond acceptors (Lipinski definition) is 10. The number of esters is 1. The first-order valence-corrected chi connectivity index (χ1v) is 8.00. The molecule has 0 radical (unpaired) electrons. The van der Waals surface area contributed by atoms with Crippen molar-refractivity contribution < 1.29 is 64.8 Å². The molecule has 0 aliphatic carbocycles. The van der Waals surface area contributed by atoms with Crippen LogP contribution in [-0.4, -0.2) is 96.8 Å². The zero-order valence-corrected chi connectivity index (χ0v) is 15.8. The lowest BCUT2D eigenvalue weighted by atomic mass is 9.96. The van der Waals surface area contributed by atoms with E-state index in [1.165, 1.54) is 19.2 Å². The molecule has 8 N–H and O–H groups in total. The van der Waals surface area contributed by atoms with Gasteiger partial charge in [0.25, 0.3) is 0 Å². The Morgan fingerprint density at radius 2 is 1.40 bits per heavy atom. The molecule has 0 atom stereocenters. The molecule has 0 spiro atoms. The summed E-state index contributed by atoms with van der Waals surface area (Å²) in [5.74, 6) is -5.60. The van der Waals surface area contributed by atoms with E-state index in [0.29, 0.717) is 0 Å². The van der Waals surface area contributed by atoms with E-state index in [0.717, 1.165) is 0 Å². The molecule has 0 aliphatic rings. The predicted octanol–water partition coefficient (Wildman–Crippen LogP) is -1.74. The van der Waals surface area contributed by atoms with Gasteiger partial charge in [-0.05, 0) is 12.1 Å². The smallest absolute Gasteiger partial charge is 0.341 e. The molecule has 170 valence electrons. The molecular weight excluding hydrogens is 412 g/mol. The van der Waals surface area contributed by atoms with Gasteiger partial charge in [0.1, 0.15) is 17.4 Å². The highest BCUT2D eigenvalue weighted by molar-refractivity contribution is 5.92. The quantitative estimate of drug-likeness (QED) is 0.211. The van der Waals surface area contributed by atoms with Gasteiger partial charge in [-0.3, -0.25) is 9.59 Å². The molecular formula is C17H24O13. The minimum Gasteiger partial charge on any atom is -0.507 e. The topological polar surface area (TPSA) is 239 Å². The van der Waals surface area contributed by atoms with Gasteiger partial charge in [0.05, 0.1) is 33.2 Å². The number of benzene rings is 1. The van der Waals surface area contributed by atoms with Gasteiger partial charge in [-0.15, -0.1) is 0 Å². The maximum absolute atomic E-state index is 10.9. The minimum absolute atomic E-state index is 0.0562. The number of aliphatic carboxylic acids is 3. The van der Waals surface area contributed by atoms with Crippen LogP contribution in [0.15, 0.2) is 24.3 Å². The molecule has 13 heteroatoms. The summed E-state index contributed by atoms with van der Waals surface area (Å²) >= 11 is 0. The van der Waals surface area contributed by atoms with Gasteiger partial charge >= 0.3 is 23.9 Å². The molecule has 0 saturated heterocycles. The van der Waals surface area contributed by atoms with E-state index in [4.69, 9.17) is 40.9 Å². The van der Waals surface area contributed by atoms with Crippen molar-refractivity contribution in [2.75, 3.05) is 20.3 Å². The third kappa shape index (κ3) is 12.2.